The Morgan fingerprint density at radius 2 is 1.79 bits per heavy atom. The minimum atomic E-state index is 0.0789. The molecule has 1 aromatic heterocycles. The van der Waals surface area contributed by atoms with Gasteiger partial charge >= 0.3 is 0 Å². The van der Waals surface area contributed by atoms with Crippen LogP contribution in [0.2, 0.25) is 0 Å². The van der Waals surface area contributed by atoms with Crippen LogP contribution in [0.1, 0.15) is 43.8 Å². The normalized spacial score (nSPS) is 12.7. The number of nitrogens with one attached hydrogen (secondary N) is 1. The van der Waals surface area contributed by atoms with Gasteiger partial charge in [0, 0.05) is 17.5 Å². The molecule has 5 heteroatoms. The summed E-state index contributed by atoms with van der Waals surface area (Å²) < 4.78 is 10.9. The zero-order chi connectivity index (χ0) is 20.3. The number of rotatable bonds is 6. The van der Waals surface area contributed by atoms with Gasteiger partial charge in [0.05, 0.1) is 19.7 Å². The van der Waals surface area contributed by atoms with E-state index in [1.165, 1.54) is 16.7 Å². The average Bonchev–Trinajstić information content (AvgIpc) is 2.72. The molecule has 146 valence electrons. The smallest absolute Gasteiger partial charge is 0.162 e. The highest BCUT2D eigenvalue weighted by atomic mass is 16.5. The molecule has 0 unspecified atom stereocenters. The van der Waals surface area contributed by atoms with Crippen molar-refractivity contribution < 1.29 is 9.47 Å². The van der Waals surface area contributed by atoms with Crippen molar-refractivity contribution in [3.63, 3.8) is 0 Å². The molecule has 0 saturated heterocycles. The third kappa shape index (κ3) is 3.93. The molecule has 0 saturated carbocycles. The van der Waals surface area contributed by atoms with Crippen LogP contribution in [0.5, 0.6) is 11.5 Å². The van der Waals surface area contributed by atoms with Gasteiger partial charge in [-0.1, -0.05) is 24.3 Å². The van der Waals surface area contributed by atoms with Gasteiger partial charge in [-0.3, -0.25) is 0 Å². The summed E-state index contributed by atoms with van der Waals surface area (Å²) in [6.45, 7) is 8.20. The van der Waals surface area contributed by atoms with Crippen molar-refractivity contribution in [2.24, 2.45) is 0 Å². The minimum absolute atomic E-state index is 0.0789. The molecule has 0 bridgehead atoms. The lowest BCUT2D eigenvalue weighted by molar-refractivity contribution is 0.356. The highest BCUT2D eigenvalue weighted by molar-refractivity contribution is 5.92. The predicted octanol–water partition coefficient (Wildman–Crippen LogP) is 5.55. The molecule has 0 aliphatic heterocycles. The van der Waals surface area contributed by atoms with E-state index >= 15 is 0 Å². The van der Waals surface area contributed by atoms with E-state index in [1.54, 1.807) is 14.2 Å². The topological polar surface area (TPSA) is 56.3 Å². The van der Waals surface area contributed by atoms with E-state index in [9.17, 15) is 0 Å². The fourth-order valence-corrected chi connectivity index (χ4v) is 3.19. The lowest BCUT2D eigenvalue weighted by Gasteiger charge is -2.18. The molecule has 3 rings (SSSR count). The molecule has 1 heterocycles. The Kier molecular flexibility index (Phi) is 5.83. The summed E-state index contributed by atoms with van der Waals surface area (Å²) in [4.78, 5) is 9.20. The number of aryl methyl sites for hydroxylation is 1. The summed E-state index contributed by atoms with van der Waals surface area (Å²) in [5.41, 5.74) is 4.50. The van der Waals surface area contributed by atoms with Gasteiger partial charge in [-0.2, -0.15) is 0 Å². The van der Waals surface area contributed by atoms with Crippen LogP contribution in [0.4, 0.5) is 5.82 Å². The van der Waals surface area contributed by atoms with Crippen molar-refractivity contribution in [1.82, 2.24) is 9.97 Å². The molecule has 2 aromatic carbocycles. The maximum atomic E-state index is 5.46. The highest BCUT2D eigenvalue weighted by Crippen LogP contribution is 2.35. The number of hydrogen-bond acceptors (Lipinski definition) is 5. The molecule has 0 spiro atoms. The van der Waals surface area contributed by atoms with E-state index in [0.717, 1.165) is 16.7 Å². The second-order valence-electron chi connectivity index (χ2n) is 6.81. The molecule has 3 aromatic rings. The van der Waals surface area contributed by atoms with E-state index in [2.05, 4.69) is 66.4 Å². The number of allylic oxidation sites excluding steroid dienone is 2. The molecule has 0 radical (unpaired) electrons. The molecule has 0 amide bonds. The molecule has 0 fully saturated rings. The zero-order valence-corrected chi connectivity index (χ0v) is 17.3. The first-order valence-electron chi connectivity index (χ1n) is 9.37. The molecule has 28 heavy (non-hydrogen) atoms. The monoisotopic (exact) mass is 377 g/mol. The highest BCUT2D eigenvalue weighted by Gasteiger charge is 2.15. The van der Waals surface area contributed by atoms with Gasteiger partial charge in [-0.25, -0.2) is 9.97 Å². The number of hydrogen-bond donors (Lipinski definition) is 1. The fraction of sp³-hybridized carbons (Fsp3) is 0.304. The van der Waals surface area contributed by atoms with E-state index < -0.39 is 0 Å². The number of nitrogens with zero attached hydrogens (tertiary/aromatic N) is 2. The molecule has 0 aliphatic carbocycles. The molecule has 5 nitrogen and oxygen atoms in total. The summed E-state index contributed by atoms with van der Waals surface area (Å²) in [5.74, 6) is 2.79. The van der Waals surface area contributed by atoms with Crippen molar-refractivity contribution in [2.45, 2.75) is 33.7 Å². The number of methoxy groups -OCH3 is 2. The van der Waals surface area contributed by atoms with Gasteiger partial charge < -0.3 is 14.8 Å². The Labute approximate surface area is 166 Å². The van der Waals surface area contributed by atoms with Crippen molar-refractivity contribution in [1.29, 1.82) is 0 Å². The van der Waals surface area contributed by atoms with Crippen LogP contribution in [-0.2, 0) is 0 Å². The van der Waals surface area contributed by atoms with Gasteiger partial charge in [0.1, 0.15) is 11.6 Å². The Morgan fingerprint density at radius 1 is 1.07 bits per heavy atom. The quantitative estimate of drug-likeness (QED) is 0.610. The van der Waals surface area contributed by atoms with Gasteiger partial charge in [0.25, 0.3) is 0 Å². The van der Waals surface area contributed by atoms with Gasteiger partial charge in [-0.15, -0.1) is 0 Å². The minimum Gasteiger partial charge on any atom is -0.493 e. The van der Waals surface area contributed by atoms with Crippen LogP contribution in [-0.4, -0.2) is 24.2 Å². The third-order valence-corrected chi connectivity index (χ3v) is 4.94. The third-order valence-electron chi connectivity index (χ3n) is 4.94. The molecule has 0 aliphatic rings. The van der Waals surface area contributed by atoms with Crippen LogP contribution in [0.3, 0.4) is 0 Å². The van der Waals surface area contributed by atoms with Crippen LogP contribution in [0, 0.1) is 6.92 Å². The first-order valence-corrected chi connectivity index (χ1v) is 9.37. The largest absolute Gasteiger partial charge is 0.493 e. The number of anilines is 1. The summed E-state index contributed by atoms with van der Waals surface area (Å²) >= 11 is 0. The van der Waals surface area contributed by atoms with Crippen LogP contribution < -0.4 is 14.8 Å². The average molecular weight is 377 g/mol. The first-order chi connectivity index (χ1) is 13.5. The van der Waals surface area contributed by atoms with Crippen molar-refractivity contribution in [3.8, 4) is 11.5 Å². The lowest BCUT2D eigenvalue weighted by atomic mass is 10.0. The Bertz CT molecular complexity index is 1030. The number of ether oxygens (including phenoxy) is 2. The van der Waals surface area contributed by atoms with Crippen molar-refractivity contribution in [3.05, 3.63) is 59.4 Å². The first kappa shape index (κ1) is 19.7. The van der Waals surface area contributed by atoms with Gasteiger partial charge in [0.2, 0.25) is 0 Å². The maximum absolute atomic E-state index is 5.46. The van der Waals surface area contributed by atoms with Crippen molar-refractivity contribution in [2.75, 3.05) is 19.5 Å². The molecule has 1 N–H and O–H groups in total. The maximum Gasteiger partial charge on any atom is 0.162 e. The Balaban J connectivity index is 2.02. The van der Waals surface area contributed by atoms with E-state index in [0.29, 0.717) is 17.3 Å². The number of benzene rings is 2. The molecular formula is C23H27N3O2. The van der Waals surface area contributed by atoms with Crippen LogP contribution in [0.15, 0.2) is 42.5 Å². The van der Waals surface area contributed by atoms with E-state index in [1.807, 2.05) is 19.1 Å². The zero-order valence-electron chi connectivity index (χ0n) is 17.3. The number of aromatic nitrogens is 2. The molecular weight excluding hydrogens is 350 g/mol. The summed E-state index contributed by atoms with van der Waals surface area (Å²) in [7, 11) is 3.25. The van der Waals surface area contributed by atoms with E-state index in [-0.39, 0.29) is 6.04 Å². The second kappa shape index (κ2) is 8.30. The fourth-order valence-electron chi connectivity index (χ4n) is 3.19. The lowest BCUT2D eigenvalue weighted by Crippen LogP contribution is -2.10. The summed E-state index contributed by atoms with van der Waals surface area (Å²) in [6.07, 6.45) is 2.12. The summed E-state index contributed by atoms with van der Waals surface area (Å²) in [6, 6.07) is 12.4. The van der Waals surface area contributed by atoms with Crippen LogP contribution >= 0.6 is 0 Å². The second-order valence-corrected chi connectivity index (χ2v) is 6.81. The standard InChI is InChI=1S/C23H27N3O2/c1-7-14(2)17-9-8-10-18(11-17)15(3)24-23-19-12-21(27-5)22(28-6)13-20(19)25-16(4)26-23/h7-13,15H,1-6H3,(H,24,25,26)/b14-7+/t15-/m1/s1. The van der Waals surface area contributed by atoms with Crippen LogP contribution in [0.25, 0.3) is 16.5 Å². The van der Waals surface area contributed by atoms with Gasteiger partial charge in [0.15, 0.2) is 11.5 Å². The van der Waals surface area contributed by atoms with E-state index in [4.69, 9.17) is 9.47 Å². The van der Waals surface area contributed by atoms with Gasteiger partial charge in [-0.05, 0) is 56.5 Å². The predicted molar refractivity (Wildman–Crippen MR) is 115 cm³/mol. The molecule has 1 atom stereocenters. The van der Waals surface area contributed by atoms with Crippen molar-refractivity contribution >= 4 is 22.3 Å². The number of fused-ring (bicyclic) bond motifs is 1. The Hall–Kier alpha value is -3.08. The Morgan fingerprint density at radius 3 is 2.46 bits per heavy atom. The summed E-state index contributed by atoms with van der Waals surface area (Å²) in [5, 5.41) is 4.45. The SMILES string of the molecule is C/C=C(\C)c1cccc([C@@H](C)Nc2nc(C)nc3cc(OC)c(OC)cc23)c1.